The highest BCUT2D eigenvalue weighted by Crippen LogP contribution is 2.40. The third kappa shape index (κ3) is 6.50. The van der Waals surface area contributed by atoms with Gasteiger partial charge in [-0.1, -0.05) is 42.5 Å². The van der Waals surface area contributed by atoms with Crippen LogP contribution in [0, 0.1) is 5.82 Å². The van der Waals surface area contributed by atoms with E-state index in [2.05, 4.69) is 9.71 Å². The van der Waals surface area contributed by atoms with E-state index in [4.69, 9.17) is 4.74 Å². The van der Waals surface area contributed by atoms with Crippen LogP contribution >= 0.6 is 0 Å². The summed E-state index contributed by atoms with van der Waals surface area (Å²) in [5.74, 6) is -0.283. The molecule has 2 aliphatic rings. The van der Waals surface area contributed by atoms with Gasteiger partial charge in [-0.2, -0.15) is 0 Å². The van der Waals surface area contributed by atoms with Crippen molar-refractivity contribution in [3.05, 3.63) is 71.0 Å². The van der Waals surface area contributed by atoms with E-state index < -0.39 is 39.2 Å². The molecule has 2 aliphatic heterocycles. The summed E-state index contributed by atoms with van der Waals surface area (Å²) in [5.41, 5.74) is 0.613. The number of piperidine rings is 1. The van der Waals surface area contributed by atoms with Gasteiger partial charge >= 0.3 is 0 Å². The second kappa shape index (κ2) is 11.6. The quantitative estimate of drug-likeness (QED) is 0.502. The average molecular weight is 554 g/mol. The van der Waals surface area contributed by atoms with E-state index in [1.165, 1.54) is 18.2 Å². The summed E-state index contributed by atoms with van der Waals surface area (Å²) in [7, 11) is -3.98. The summed E-state index contributed by atoms with van der Waals surface area (Å²) >= 11 is 0. The molecule has 11 heteroatoms. The molecule has 0 aliphatic carbocycles. The molecule has 2 unspecified atom stereocenters. The van der Waals surface area contributed by atoms with E-state index in [1.54, 1.807) is 36.9 Å². The van der Waals surface area contributed by atoms with Gasteiger partial charge in [-0.25, -0.2) is 31.3 Å². The maximum absolute atomic E-state index is 14.4. The Kier molecular flexibility index (Phi) is 8.68. The van der Waals surface area contributed by atoms with Crippen LogP contribution in [0.15, 0.2) is 53.5 Å². The predicted molar refractivity (Wildman–Crippen MR) is 139 cm³/mol. The van der Waals surface area contributed by atoms with Crippen molar-refractivity contribution in [3.8, 4) is 0 Å². The fraction of sp³-hybridized carbons (Fsp3) is 0.519. The molecule has 7 nitrogen and oxygen atoms in total. The molecular formula is C27H34F3N3O4S. The molecule has 0 radical (unpaired) electrons. The van der Waals surface area contributed by atoms with Crippen molar-refractivity contribution in [3.63, 3.8) is 0 Å². The number of aliphatic hydroxyl groups is 1. The second-order valence-electron chi connectivity index (χ2n) is 10.3. The average Bonchev–Trinajstić information content (AvgIpc) is 2.83. The number of rotatable bonds is 8. The normalized spacial score (nSPS) is 23.7. The van der Waals surface area contributed by atoms with Gasteiger partial charge in [0, 0.05) is 12.2 Å². The summed E-state index contributed by atoms with van der Waals surface area (Å²) in [5, 5.41) is 8.43. The maximum atomic E-state index is 14.4. The number of hydrogen-bond donors (Lipinski definition) is 2. The smallest absolute Gasteiger partial charge is 0.299 e. The van der Waals surface area contributed by atoms with E-state index in [0.29, 0.717) is 18.7 Å². The number of nitrogens with zero attached hydrogens (tertiary/aromatic N) is 2. The Labute approximate surface area is 221 Å². The summed E-state index contributed by atoms with van der Waals surface area (Å²) in [6.07, 6.45) is -0.725. The molecule has 2 aromatic carbocycles. The number of halogens is 3. The SMILES string of the molecule is CC1(C)OC(=NC(CCO)c2ccccc2F)NS(=O)(=O)C1c1ccc(C2CCN(CC(F)F)CC2)cc1. The van der Waals surface area contributed by atoms with E-state index >= 15 is 0 Å². The number of alkyl halides is 2. The Morgan fingerprint density at radius 2 is 1.74 bits per heavy atom. The third-order valence-corrected chi connectivity index (χ3v) is 9.08. The highest BCUT2D eigenvalue weighted by molar-refractivity contribution is 7.90. The van der Waals surface area contributed by atoms with Crippen LogP contribution in [0.25, 0.3) is 0 Å². The molecule has 2 saturated heterocycles. The van der Waals surface area contributed by atoms with Crippen molar-refractivity contribution in [2.45, 2.75) is 62.3 Å². The molecule has 2 aromatic rings. The molecule has 0 saturated carbocycles. The Bertz CT molecular complexity index is 1230. The summed E-state index contributed by atoms with van der Waals surface area (Å²) in [6.45, 7) is 4.03. The second-order valence-corrected chi connectivity index (χ2v) is 12.1. The molecule has 0 aromatic heterocycles. The van der Waals surface area contributed by atoms with E-state index in [9.17, 15) is 26.7 Å². The van der Waals surface area contributed by atoms with E-state index in [1.807, 2.05) is 12.1 Å². The van der Waals surface area contributed by atoms with Gasteiger partial charge in [-0.05, 0) is 69.3 Å². The molecule has 208 valence electrons. The third-order valence-electron chi connectivity index (χ3n) is 7.17. The summed E-state index contributed by atoms with van der Waals surface area (Å²) < 4.78 is 74.9. The fourth-order valence-corrected chi connectivity index (χ4v) is 7.16. The van der Waals surface area contributed by atoms with Crippen molar-refractivity contribution in [2.75, 3.05) is 26.2 Å². The molecule has 0 amide bonds. The zero-order valence-corrected chi connectivity index (χ0v) is 22.3. The lowest BCUT2D eigenvalue weighted by Crippen LogP contribution is -2.53. The monoisotopic (exact) mass is 553 g/mol. The number of amidine groups is 1. The number of likely N-dealkylation sites (tertiary alicyclic amines) is 1. The molecule has 2 N–H and O–H groups in total. The number of benzene rings is 2. The first kappa shape index (κ1) is 28.4. The first-order valence-corrected chi connectivity index (χ1v) is 14.3. The van der Waals surface area contributed by atoms with Crippen LogP contribution in [-0.2, 0) is 14.8 Å². The number of sulfonamides is 1. The van der Waals surface area contributed by atoms with E-state index in [-0.39, 0.29) is 37.1 Å². The van der Waals surface area contributed by atoms with Crippen LogP contribution < -0.4 is 4.72 Å². The van der Waals surface area contributed by atoms with Crippen molar-refractivity contribution in [2.24, 2.45) is 4.99 Å². The van der Waals surface area contributed by atoms with Gasteiger partial charge in [-0.3, -0.25) is 4.90 Å². The van der Waals surface area contributed by atoms with Crippen LogP contribution in [0.1, 0.15) is 67.0 Å². The maximum Gasteiger partial charge on any atom is 0.299 e. The number of hydrogen-bond acceptors (Lipinski definition) is 6. The standard InChI is InChI=1S/C27H34F3N3O4S/c1-27(2)25(20-9-7-18(8-10-20)19-11-14-33(15-12-19)17-24(29)30)38(35,36)32-26(37-27)31-23(13-16-34)21-5-3-4-6-22(21)28/h3-10,19,23-25,34H,11-17H2,1-2H3,(H,31,32). The topological polar surface area (TPSA) is 91.2 Å². The minimum atomic E-state index is -3.98. The largest absolute Gasteiger partial charge is 0.457 e. The Hall–Kier alpha value is -2.63. The Balaban J connectivity index is 1.51. The lowest BCUT2D eigenvalue weighted by atomic mass is 9.88. The lowest BCUT2D eigenvalue weighted by molar-refractivity contribution is 0.0747. The lowest BCUT2D eigenvalue weighted by Gasteiger charge is -2.39. The van der Waals surface area contributed by atoms with Crippen molar-refractivity contribution in [1.82, 2.24) is 9.62 Å². The molecular weight excluding hydrogens is 519 g/mol. The Morgan fingerprint density at radius 1 is 1.11 bits per heavy atom. The fourth-order valence-electron chi connectivity index (χ4n) is 5.40. The molecule has 2 fully saturated rings. The molecule has 2 atom stereocenters. The minimum absolute atomic E-state index is 0.0852. The highest BCUT2D eigenvalue weighted by Gasteiger charge is 2.48. The van der Waals surface area contributed by atoms with Crippen LogP contribution in [0.4, 0.5) is 13.2 Å². The Morgan fingerprint density at radius 3 is 2.32 bits per heavy atom. The van der Waals surface area contributed by atoms with Gasteiger partial charge in [0.2, 0.25) is 10.0 Å². The van der Waals surface area contributed by atoms with Gasteiger partial charge < -0.3 is 9.84 Å². The molecule has 2 heterocycles. The number of aliphatic imine (C=N–C) groups is 1. The number of ether oxygens (including phenoxy) is 1. The van der Waals surface area contributed by atoms with Crippen molar-refractivity contribution < 1.29 is 31.4 Å². The minimum Gasteiger partial charge on any atom is -0.457 e. The van der Waals surface area contributed by atoms with Crippen molar-refractivity contribution in [1.29, 1.82) is 0 Å². The van der Waals surface area contributed by atoms with Crippen LogP contribution in [0.5, 0.6) is 0 Å². The first-order valence-electron chi connectivity index (χ1n) is 12.7. The molecule has 38 heavy (non-hydrogen) atoms. The van der Waals surface area contributed by atoms with E-state index in [0.717, 1.165) is 18.4 Å². The zero-order chi connectivity index (χ0) is 27.5. The van der Waals surface area contributed by atoms with Gasteiger partial charge in [0.15, 0.2) is 0 Å². The molecule has 0 bridgehead atoms. The predicted octanol–water partition coefficient (Wildman–Crippen LogP) is 4.52. The van der Waals surface area contributed by atoms with Crippen LogP contribution in [0.3, 0.4) is 0 Å². The first-order chi connectivity index (χ1) is 18.0. The van der Waals surface area contributed by atoms with Crippen LogP contribution in [0.2, 0.25) is 0 Å². The number of aliphatic hydroxyl groups excluding tert-OH is 1. The number of nitrogens with one attached hydrogen (secondary N) is 1. The molecule has 4 rings (SSSR count). The van der Waals surface area contributed by atoms with Gasteiger partial charge in [0.1, 0.15) is 16.7 Å². The summed E-state index contributed by atoms with van der Waals surface area (Å²) in [6, 6.07) is 12.2. The highest BCUT2D eigenvalue weighted by atomic mass is 32.2. The van der Waals surface area contributed by atoms with Gasteiger partial charge in [-0.15, -0.1) is 0 Å². The zero-order valence-electron chi connectivity index (χ0n) is 21.5. The summed E-state index contributed by atoms with van der Waals surface area (Å²) in [4.78, 5) is 6.10. The van der Waals surface area contributed by atoms with Gasteiger partial charge in [0.25, 0.3) is 12.4 Å². The van der Waals surface area contributed by atoms with Crippen molar-refractivity contribution >= 4 is 16.0 Å². The van der Waals surface area contributed by atoms with Gasteiger partial charge in [0.05, 0.1) is 12.6 Å². The van der Waals surface area contributed by atoms with Crippen LogP contribution in [-0.4, -0.2) is 62.7 Å². The molecule has 0 spiro atoms.